The quantitative estimate of drug-likeness (QED) is 0.796. The molecule has 1 aliphatic carbocycles. The number of carbonyl (C=O) groups excluding carboxylic acids is 1. The zero-order chi connectivity index (χ0) is 12.5. The van der Waals surface area contributed by atoms with Crippen LogP contribution in [-0.2, 0) is 16.6 Å². The first-order chi connectivity index (χ1) is 8.14. The number of ether oxygens (including phenoxy) is 1. The second kappa shape index (κ2) is 4.52. The van der Waals surface area contributed by atoms with Crippen LogP contribution in [0.25, 0.3) is 0 Å². The topological polar surface area (TPSA) is 26.3 Å². The molecule has 1 aliphatic rings. The van der Waals surface area contributed by atoms with Crippen LogP contribution in [-0.4, -0.2) is 12.9 Å². The van der Waals surface area contributed by atoms with Crippen molar-refractivity contribution in [2.24, 2.45) is 0 Å². The molecule has 0 heterocycles. The number of hydrogen-bond donors (Lipinski definition) is 0. The second-order valence-electron chi connectivity index (χ2n) is 4.88. The number of aryl methyl sites for hydroxylation is 1. The molecular formula is C15H20O2. The minimum absolute atomic E-state index is 0.267. The predicted octanol–water partition coefficient (Wildman–Crippen LogP) is 3.27. The Labute approximate surface area is 103 Å². The summed E-state index contributed by atoms with van der Waals surface area (Å²) in [6, 6.07) is 6.23. The van der Waals surface area contributed by atoms with Crippen LogP contribution in [0.2, 0.25) is 0 Å². The average molecular weight is 232 g/mol. The van der Waals surface area contributed by atoms with E-state index in [0.717, 1.165) is 37.0 Å². The summed E-state index contributed by atoms with van der Waals surface area (Å²) in [6.07, 6.45) is 4.06. The Morgan fingerprint density at radius 1 is 1.41 bits per heavy atom. The van der Waals surface area contributed by atoms with Crippen molar-refractivity contribution in [2.75, 3.05) is 7.11 Å². The summed E-state index contributed by atoms with van der Waals surface area (Å²) in [6.45, 7) is 3.84. The molecule has 0 amide bonds. The summed E-state index contributed by atoms with van der Waals surface area (Å²) >= 11 is 0. The summed E-state index contributed by atoms with van der Waals surface area (Å²) < 4.78 is 5.42. The van der Waals surface area contributed by atoms with Gasteiger partial charge < -0.3 is 4.74 Å². The largest absolute Gasteiger partial charge is 0.496 e. The van der Waals surface area contributed by atoms with Gasteiger partial charge in [-0.1, -0.05) is 25.5 Å². The number of methoxy groups -OCH3 is 1. The van der Waals surface area contributed by atoms with Gasteiger partial charge in [-0.05, 0) is 37.8 Å². The molecule has 2 heteroatoms. The Morgan fingerprint density at radius 3 is 2.53 bits per heavy atom. The number of rotatable bonds is 4. The van der Waals surface area contributed by atoms with E-state index in [-0.39, 0.29) is 11.2 Å². The van der Waals surface area contributed by atoms with Gasteiger partial charge in [-0.3, -0.25) is 4.79 Å². The summed E-state index contributed by atoms with van der Waals surface area (Å²) in [5.41, 5.74) is 2.10. The van der Waals surface area contributed by atoms with Gasteiger partial charge in [-0.2, -0.15) is 0 Å². The highest BCUT2D eigenvalue weighted by Crippen LogP contribution is 2.48. The van der Waals surface area contributed by atoms with E-state index in [2.05, 4.69) is 19.1 Å². The number of benzene rings is 1. The zero-order valence-electron chi connectivity index (χ0n) is 10.9. The van der Waals surface area contributed by atoms with Crippen molar-refractivity contribution in [1.82, 2.24) is 0 Å². The first kappa shape index (κ1) is 12.2. The van der Waals surface area contributed by atoms with Crippen LogP contribution >= 0.6 is 0 Å². The van der Waals surface area contributed by atoms with Crippen molar-refractivity contribution in [3.63, 3.8) is 0 Å². The van der Waals surface area contributed by atoms with E-state index in [9.17, 15) is 4.79 Å². The second-order valence-corrected chi connectivity index (χ2v) is 4.88. The number of Topliss-reactive ketones (excluding diaryl/α,β-unsaturated/α-hetero) is 1. The highest BCUT2D eigenvalue weighted by molar-refractivity contribution is 5.90. The lowest BCUT2D eigenvalue weighted by molar-refractivity contribution is -0.125. The van der Waals surface area contributed by atoms with Crippen LogP contribution < -0.4 is 4.74 Å². The molecule has 92 valence electrons. The van der Waals surface area contributed by atoms with Crippen molar-refractivity contribution >= 4 is 5.78 Å². The maximum Gasteiger partial charge on any atom is 0.140 e. The molecule has 0 saturated heterocycles. The molecule has 0 radical (unpaired) electrons. The lowest BCUT2D eigenvalue weighted by atomic mass is 9.62. The molecule has 0 bridgehead atoms. The van der Waals surface area contributed by atoms with Crippen LogP contribution in [0.5, 0.6) is 5.75 Å². The van der Waals surface area contributed by atoms with Crippen LogP contribution in [0.1, 0.15) is 44.2 Å². The third-order valence-electron chi connectivity index (χ3n) is 4.07. The van der Waals surface area contributed by atoms with Gasteiger partial charge in [0, 0.05) is 5.56 Å². The fourth-order valence-electron chi connectivity index (χ4n) is 2.69. The van der Waals surface area contributed by atoms with Gasteiger partial charge in [0.2, 0.25) is 0 Å². The summed E-state index contributed by atoms with van der Waals surface area (Å²) in [4.78, 5) is 12.0. The molecule has 0 aliphatic heterocycles. The molecule has 0 atom stereocenters. The van der Waals surface area contributed by atoms with E-state index in [1.54, 1.807) is 14.0 Å². The summed E-state index contributed by atoms with van der Waals surface area (Å²) in [5, 5.41) is 0. The molecule has 1 aromatic rings. The smallest absolute Gasteiger partial charge is 0.140 e. The Morgan fingerprint density at radius 2 is 2.12 bits per heavy atom. The molecule has 0 aromatic heterocycles. The Bertz CT molecular complexity index is 431. The molecular weight excluding hydrogens is 212 g/mol. The fourth-order valence-corrected chi connectivity index (χ4v) is 2.69. The molecule has 1 fully saturated rings. The number of ketones is 1. The first-order valence-electron chi connectivity index (χ1n) is 6.32. The van der Waals surface area contributed by atoms with Crippen molar-refractivity contribution < 1.29 is 9.53 Å². The van der Waals surface area contributed by atoms with Crippen molar-refractivity contribution in [3.8, 4) is 5.75 Å². The fraction of sp³-hybridized carbons (Fsp3) is 0.533. The van der Waals surface area contributed by atoms with Crippen LogP contribution in [0.4, 0.5) is 0 Å². The van der Waals surface area contributed by atoms with Gasteiger partial charge in [-0.15, -0.1) is 0 Å². The van der Waals surface area contributed by atoms with Crippen LogP contribution in [0, 0.1) is 0 Å². The molecule has 0 unspecified atom stereocenters. The van der Waals surface area contributed by atoms with Gasteiger partial charge in [0.05, 0.1) is 12.5 Å². The maximum atomic E-state index is 12.0. The molecule has 1 saturated carbocycles. The first-order valence-corrected chi connectivity index (χ1v) is 6.32. The highest BCUT2D eigenvalue weighted by Gasteiger charge is 2.44. The van der Waals surface area contributed by atoms with E-state index in [4.69, 9.17) is 4.74 Å². The van der Waals surface area contributed by atoms with Crippen molar-refractivity contribution in [1.29, 1.82) is 0 Å². The van der Waals surface area contributed by atoms with Gasteiger partial charge in [0.1, 0.15) is 11.5 Å². The van der Waals surface area contributed by atoms with Crippen molar-refractivity contribution in [3.05, 3.63) is 29.3 Å². The lowest BCUT2D eigenvalue weighted by Crippen LogP contribution is -2.41. The number of carbonyl (C=O) groups is 1. The van der Waals surface area contributed by atoms with E-state index < -0.39 is 0 Å². The SMILES string of the molecule is CCc1ccc(OC)c(C2(C(C)=O)CCC2)c1. The Balaban J connectivity index is 2.51. The minimum atomic E-state index is -0.267. The Kier molecular flexibility index (Phi) is 3.23. The molecule has 2 nitrogen and oxygen atoms in total. The molecule has 0 N–H and O–H groups in total. The third-order valence-corrected chi connectivity index (χ3v) is 4.07. The normalized spacial score (nSPS) is 17.4. The summed E-state index contributed by atoms with van der Waals surface area (Å²) in [5.74, 6) is 1.13. The van der Waals surface area contributed by atoms with Crippen LogP contribution in [0.15, 0.2) is 18.2 Å². The molecule has 1 aromatic carbocycles. The van der Waals surface area contributed by atoms with E-state index in [1.165, 1.54) is 5.56 Å². The van der Waals surface area contributed by atoms with Crippen molar-refractivity contribution in [2.45, 2.75) is 44.9 Å². The summed E-state index contributed by atoms with van der Waals surface area (Å²) in [7, 11) is 1.68. The van der Waals surface area contributed by atoms with Crippen LogP contribution in [0.3, 0.4) is 0 Å². The zero-order valence-corrected chi connectivity index (χ0v) is 10.9. The molecule has 2 rings (SSSR count). The maximum absolute atomic E-state index is 12.0. The van der Waals surface area contributed by atoms with E-state index in [0.29, 0.717) is 0 Å². The van der Waals surface area contributed by atoms with E-state index >= 15 is 0 Å². The molecule has 0 spiro atoms. The average Bonchev–Trinajstić information content (AvgIpc) is 2.27. The standard InChI is InChI=1S/C15H20O2/c1-4-12-6-7-14(17-3)13(10-12)15(11(2)16)8-5-9-15/h6-7,10H,4-5,8-9H2,1-3H3. The van der Waals surface area contributed by atoms with E-state index in [1.807, 2.05) is 6.07 Å². The Hall–Kier alpha value is -1.31. The monoisotopic (exact) mass is 232 g/mol. The van der Waals surface area contributed by atoms with Gasteiger partial charge in [0.15, 0.2) is 0 Å². The molecule has 17 heavy (non-hydrogen) atoms. The third kappa shape index (κ3) is 1.86. The van der Waals surface area contributed by atoms with Gasteiger partial charge >= 0.3 is 0 Å². The van der Waals surface area contributed by atoms with Gasteiger partial charge in [-0.25, -0.2) is 0 Å². The number of hydrogen-bond acceptors (Lipinski definition) is 2. The predicted molar refractivity (Wildman–Crippen MR) is 68.6 cm³/mol. The lowest BCUT2D eigenvalue weighted by Gasteiger charge is -2.41. The van der Waals surface area contributed by atoms with Gasteiger partial charge in [0.25, 0.3) is 0 Å². The minimum Gasteiger partial charge on any atom is -0.496 e. The highest BCUT2D eigenvalue weighted by atomic mass is 16.5.